The molecule has 5 aromatic carbocycles. The molecule has 270 valence electrons. The van der Waals surface area contributed by atoms with E-state index in [-0.39, 0.29) is 18.2 Å². The maximum Gasteiger partial charge on any atom is 0.131 e. The fourth-order valence-electron chi connectivity index (χ4n) is 9.11. The summed E-state index contributed by atoms with van der Waals surface area (Å²) in [5, 5.41) is 8.72. The second-order valence-electron chi connectivity index (χ2n) is 15.0. The van der Waals surface area contributed by atoms with Crippen LogP contribution in [-0.2, 0) is 6.42 Å². The summed E-state index contributed by atoms with van der Waals surface area (Å²) in [5.74, 6) is 1.14. The Labute approximate surface area is 326 Å². The number of allylic oxidation sites excluding steroid dienone is 5. The van der Waals surface area contributed by atoms with Crippen LogP contribution in [0.4, 0.5) is 11.4 Å². The van der Waals surface area contributed by atoms with Crippen molar-refractivity contribution in [1.82, 2.24) is 20.2 Å². The minimum atomic E-state index is -0.226. The molecule has 2 N–H and O–H groups in total. The number of nitrogens with zero attached hydrogens (tertiary/aromatic N) is 4. The molecule has 11 rings (SSSR count). The SMILES string of the molecule is C1=Cc2c(n(-c3ccccc3)c3ccc(C4=CC=C5C(C4)c4ccccc4N5c4ccc(C5NC(c6ccccc6)=NC(c6cccnc6)N5)cc4)cc23)CC1. The number of amidine groups is 1. The van der Waals surface area contributed by atoms with Gasteiger partial charge in [-0.3, -0.25) is 10.3 Å². The highest BCUT2D eigenvalue weighted by molar-refractivity contribution is 5.99. The average Bonchev–Trinajstić information content (AvgIpc) is 3.79. The van der Waals surface area contributed by atoms with E-state index in [0.29, 0.717) is 0 Å². The largest absolute Gasteiger partial charge is 0.350 e. The van der Waals surface area contributed by atoms with Gasteiger partial charge in [0.15, 0.2) is 0 Å². The quantitative estimate of drug-likeness (QED) is 0.179. The van der Waals surface area contributed by atoms with E-state index in [2.05, 4.69) is 177 Å². The molecule has 3 unspecified atom stereocenters. The fourth-order valence-corrected chi connectivity index (χ4v) is 9.11. The number of fused-ring (bicyclic) bond motifs is 6. The van der Waals surface area contributed by atoms with Gasteiger partial charge < -0.3 is 14.8 Å². The molecule has 0 saturated carbocycles. The highest BCUT2D eigenvalue weighted by Gasteiger charge is 2.37. The molecule has 2 aliphatic heterocycles. The summed E-state index contributed by atoms with van der Waals surface area (Å²) in [4.78, 5) is 11.9. The molecule has 0 fully saturated rings. The second-order valence-corrected chi connectivity index (χ2v) is 15.0. The number of hydrogen-bond donors (Lipinski definition) is 2. The number of pyridine rings is 1. The molecule has 6 nitrogen and oxygen atoms in total. The molecular formula is C50H40N6. The van der Waals surface area contributed by atoms with Crippen molar-refractivity contribution in [3.63, 3.8) is 0 Å². The van der Waals surface area contributed by atoms with Crippen LogP contribution in [0.5, 0.6) is 0 Å². The average molecular weight is 725 g/mol. The van der Waals surface area contributed by atoms with Gasteiger partial charge in [0.1, 0.15) is 18.2 Å². The monoisotopic (exact) mass is 724 g/mol. The number of anilines is 2. The Balaban J connectivity index is 0.922. The molecule has 0 saturated heterocycles. The molecule has 0 spiro atoms. The van der Waals surface area contributed by atoms with Crippen LogP contribution in [0.15, 0.2) is 181 Å². The molecule has 4 heterocycles. The molecule has 2 aliphatic carbocycles. The highest BCUT2D eigenvalue weighted by Crippen LogP contribution is 2.53. The van der Waals surface area contributed by atoms with Crippen molar-refractivity contribution in [2.24, 2.45) is 4.99 Å². The molecule has 2 aromatic heterocycles. The number of para-hydroxylation sites is 2. The van der Waals surface area contributed by atoms with E-state index in [9.17, 15) is 0 Å². The lowest BCUT2D eigenvalue weighted by atomic mass is 9.84. The summed E-state index contributed by atoms with van der Waals surface area (Å²) in [6, 6.07) is 50.2. The van der Waals surface area contributed by atoms with Crippen molar-refractivity contribution in [2.45, 2.75) is 37.5 Å². The van der Waals surface area contributed by atoms with Crippen molar-refractivity contribution >= 4 is 39.8 Å². The van der Waals surface area contributed by atoms with Gasteiger partial charge >= 0.3 is 0 Å². The summed E-state index contributed by atoms with van der Waals surface area (Å²) in [6.45, 7) is 0. The van der Waals surface area contributed by atoms with E-state index in [0.717, 1.165) is 47.5 Å². The van der Waals surface area contributed by atoms with Gasteiger partial charge in [-0.15, -0.1) is 0 Å². The molecule has 4 aliphatic rings. The third kappa shape index (κ3) is 5.52. The van der Waals surface area contributed by atoms with Gasteiger partial charge in [-0.25, -0.2) is 4.99 Å². The predicted molar refractivity (Wildman–Crippen MR) is 228 cm³/mol. The van der Waals surface area contributed by atoms with E-state index >= 15 is 0 Å². The van der Waals surface area contributed by atoms with Crippen molar-refractivity contribution in [1.29, 1.82) is 0 Å². The Kier molecular flexibility index (Phi) is 7.88. The standard InChI is InChI=1S/C50H40N6/c1-3-12-33(13-4-1)48-52-49(54-50(53-48)37-14-11-29-51-32-37)34-21-25-39(26-22-34)56-45-20-10-8-18-41(45)43-31-36(24-28-47(43)56)35-23-27-46-42(30-35)40-17-7-9-19-44(40)55(46)38-15-5-2-6-16-38/h1-8,10-18,20-30,32,43,49-50,54H,9,19,31H2,(H,52,53). The minimum absolute atomic E-state index is 0.136. The zero-order valence-corrected chi connectivity index (χ0v) is 30.9. The first-order chi connectivity index (χ1) is 27.8. The lowest BCUT2D eigenvalue weighted by Crippen LogP contribution is -2.44. The Bertz CT molecular complexity index is 2720. The number of nitrogens with one attached hydrogen (secondary N) is 2. The van der Waals surface area contributed by atoms with Crippen LogP contribution in [0.25, 0.3) is 28.2 Å². The van der Waals surface area contributed by atoms with Gasteiger partial charge in [-0.2, -0.15) is 0 Å². The van der Waals surface area contributed by atoms with E-state index in [1.165, 1.54) is 55.9 Å². The molecule has 6 heteroatoms. The smallest absolute Gasteiger partial charge is 0.131 e. The molecular weight excluding hydrogens is 685 g/mol. The zero-order chi connectivity index (χ0) is 37.0. The van der Waals surface area contributed by atoms with Gasteiger partial charge in [-0.1, -0.05) is 109 Å². The first-order valence-corrected chi connectivity index (χ1v) is 19.6. The molecule has 0 bridgehead atoms. The molecule has 0 radical (unpaired) electrons. The van der Waals surface area contributed by atoms with Crippen LogP contribution < -0.4 is 15.5 Å². The maximum absolute atomic E-state index is 5.05. The Morgan fingerprint density at radius 3 is 2.36 bits per heavy atom. The van der Waals surface area contributed by atoms with Gasteiger partial charge in [0.2, 0.25) is 0 Å². The molecule has 0 amide bonds. The first kappa shape index (κ1) is 32.7. The predicted octanol–water partition coefficient (Wildman–Crippen LogP) is 10.9. The minimum Gasteiger partial charge on any atom is -0.350 e. The van der Waals surface area contributed by atoms with Crippen LogP contribution in [0.1, 0.15) is 70.2 Å². The third-order valence-corrected chi connectivity index (χ3v) is 11.8. The molecule has 7 aromatic rings. The lowest BCUT2D eigenvalue weighted by Gasteiger charge is -2.32. The number of hydrogen-bond acceptors (Lipinski definition) is 5. The second kappa shape index (κ2) is 13.5. The molecule has 3 atom stereocenters. The normalized spacial score (nSPS) is 19.7. The van der Waals surface area contributed by atoms with Crippen LogP contribution >= 0.6 is 0 Å². The van der Waals surface area contributed by atoms with Crippen molar-refractivity contribution in [3.8, 4) is 5.69 Å². The lowest BCUT2D eigenvalue weighted by molar-refractivity contribution is 0.408. The van der Waals surface area contributed by atoms with Crippen LogP contribution in [0, 0.1) is 0 Å². The van der Waals surface area contributed by atoms with Gasteiger partial charge in [0.05, 0.1) is 5.52 Å². The Morgan fingerprint density at radius 1 is 0.696 bits per heavy atom. The van der Waals surface area contributed by atoms with Crippen LogP contribution in [0.2, 0.25) is 0 Å². The van der Waals surface area contributed by atoms with E-state index in [1.54, 1.807) is 6.20 Å². The van der Waals surface area contributed by atoms with E-state index in [1.807, 2.05) is 18.3 Å². The van der Waals surface area contributed by atoms with Crippen LogP contribution in [0.3, 0.4) is 0 Å². The summed E-state index contributed by atoms with van der Waals surface area (Å²) in [7, 11) is 0. The molecule has 56 heavy (non-hydrogen) atoms. The van der Waals surface area contributed by atoms with E-state index < -0.39 is 0 Å². The van der Waals surface area contributed by atoms with Gasteiger partial charge in [0.25, 0.3) is 0 Å². The Hall–Kier alpha value is -6.76. The topological polar surface area (TPSA) is 57.5 Å². The third-order valence-electron chi connectivity index (χ3n) is 11.8. The summed E-state index contributed by atoms with van der Waals surface area (Å²) < 4.78 is 2.47. The first-order valence-electron chi connectivity index (χ1n) is 19.6. The number of aliphatic imine (C=N–C) groups is 1. The fraction of sp³-hybridized carbons (Fsp3) is 0.120. The Morgan fingerprint density at radius 2 is 1.52 bits per heavy atom. The maximum atomic E-state index is 5.05. The van der Waals surface area contributed by atoms with Crippen molar-refractivity contribution in [2.75, 3.05) is 4.90 Å². The summed E-state index contributed by atoms with van der Waals surface area (Å²) >= 11 is 0. The summed E-state index contributed by atoms with van der Waals surface area (Å²) in [5.41, 5.74) is 16.3. The highest BCUT2D eigenvalue weighted by atomic mass is 15.3. The number of benzene rings is 5. The van der Waals surface area contributed by atoms with Crippen molar-refractivity contribution < 1.29 is 0 Å². The zero-order valence-electron chi connectivity index (χ0n) is 30.9. The van der Waals surface area contributed by atoms with Gasteiger partial charge in [0, 0.05) is 68.8 Å². The number of rotatable bonds is 6. The van der Waals surface area contributed by atoms with Gasteiger partial charge in [-0.05, 0) is 96.1 Å². The van der Waals surface area contributed by atoms with Crippen molar-refractivity contribution in [3.05, 3.63) is 215 Å². The van der Waals surface area contributed by atoms with E-state index in [4.69, 9.17) is 4.99 Å². The summed E-state index contributed by atoms with van der Waals surface area (Å²) in [6.07, 6.45) is 15.8. The van der Waals surface area contributed by atoms with Crippen LogP contribution in [-0.4, -0.2) is 15.4 Å². The number of aromatic nitrogens is 2.